The molecule has 0 saturated carbocycles. The minimum absolute atomic E-state index is 0.427. The van der Waals surface area contributed by atoms with E-state index in [1.54, 1.807) is 18.5 Å². The fourth-order valence-electron chi connectivity index (χ4n) is 3.30. The summed E-state index contributed by atoms with van der Waals surface area (Å²) in [7, 11) is 0. The summed E-state index contributed by atoms with van der Waals surface area (Å²) in [6.45, 7) is 2.58. The van der Waals surface area contributed by atoms with Crippen LogP contribution in [0.4, 0.5) is 17.5 Å². The number of nitrogens with zero attached hydrogens (tertiary/aromatic N) is 3. The first-order valence-corrected chi connectivity index (χ1v) is 11.0. The Morgan fingerprint density at radius 1 is 1.21 bits per heavy atom. The van der Waals surface area contributed by atoms with Crippen LogP contribution >= 0.6 is 11.6 Å². The van der Waals surface area contributed by atoms with E-state index in [-0.39, 0.29) is 0 Å². The highest BCUT2D eigenvalue weighted by atomic mass is 35.5. The van der Waals surface area contributed by atoms with Crippen LogP contribution in [0.3, 0.4) is 0 Å². The molecule has 2 heterocycles. The normalized spacial score (nSPS) is 11.0. The Balaban J connectivity index is 1.63. The third-order valence-corrected chi connectivity index (χ3v) is 5.50. The minimum Gasteiger partial charge on any atom is -0.478 e. The summed E-state index contributed by atoms with van der Waals surface area (Å²) < 4.78 is 0. The molecule has 0 saturated heterocycles. The van der Waals surface area contributed by atoms with Crippen molar-refractivity contribution in [1.82, 2.24) is 20.2 Å². The van der Waals surface area contributed by atoms with Crippen LogP contribution < -0.4 is 10.6 Å². The van der Waals surface area contributed by atoms with Crippen molar-refractivity contribution in [3.63, 3.8) is 0 Å². The Morgan fingerprint density at radius 2 is 2.09 bits per heavy atom. The molecule has 0 atom stereocenters. The zero-order valence-corrected chi connectivity index (χ0v) is 19.2. The van der Waals surface area contributed by atoms with Crippen molar-refractivity contribution in [1.29, 1.82) is 0 Å². The Morgan fingerprint density at radius 3 is 2.85 bits per heavy atom. The summed E-state index contributed by atoms with van der Waals surface area (Å²) >= 11 is 6.25. The van der Waals surface area contributed by atoms with Crippen molar-refractivity contribution >= 4 is 41.1 Å². The van der Waals surface area contributed by atoms with Crippen LogP contribution in [0.1, 0.15) is 16.7 Å². The molecule has 8 nitrogen and oxygen atoms in total. The smallest absolute Gasteiger partial charge is 0.328 e. The molecule has 2 aromatic carbocycles. The maximum absolute atomic E-state index is 10.9. The van der Waals surface area contributed by atoms with E-state index in [4.69, 9.17) is 21.7 Å². The Bertz CT molecular complexity index is 1320. The van der Waals surface area contributed by atoms with Crippen molar-refractivity contribution in [2.24, 2.45) is 0 Å². The molecule has 0 fully saturated rings. The monoisotopic (exact) mass is 474 g/mol. The predicted molar refractivity (Wildman–Crippen MR) is 134 cm³/mol. The lowest BCUT2D eigenvalue weighted by Crippen LogP contribution is -2.09. The van der Waals surface area contributed by atoms with Gasteiger partial charge in [-0.1, -0.05) is 35.9 Å². The van der Waals surface area contributed by atoms with E-state index >= 15 is 0 Å². The van der Waals surface area contributed by atoms with Crippen molar-refractivity contribution < 1.29 is 9.90 Å². The molecule has 9 heteroatoms. The van der Waals surface area contributed by atoms with Crippen molar-refractivity contribution in [2.45, 2.75) is 13.3 Å². The molecular weight excluding hydrogens is 452 g/mol. The van der Waals surface area contributed by atoms with E-state index in [1.807, 2.05) is 55.6 Å². The highest BCUT2D eigenvalue weighted by Gasteiger charge is 2.11. The summed E-state index contributed by atoms with van der Waals surface area (Å²) in [6, 6.07) is 13.2. The molecule has 0 aliphatic rings. The number of aryl methyl sites for hydroxylation is 1. The second-order valence-corrected chi connectivity index (χ2v) is 8.03. The summed E-state index contributed by atoms with van der Waals surface area (Å²) in [5.41, 5.74) is 5.28. The SMILES string of the molecule is Cc1ccc(Nc2ncc(-c3cccc(/C=C/C(=O)O)c3)c(NCCc3cn[nH]c3)n2)cc1Cl. The van der Waals surface area contributed by atoms with E-state index in [2.05, 4.69) is 25.8 Å². The van der Waals surface area contributed by atoms with E-state index in [0.29, 0.717) is 23.3 Å². The number of hydrogen-bond donors (Lipinski definition) is 4. The van der Waals surface area contributed by atoms with Gasteiger partial charge in [0.1, 0.15) is 5.82 Å². The molecule has 4 aromatic rings. The largest absolute Gasteiger partial charge is 0.478 e. The van der Waals surface area contributed by atoms with Gasteiger partial charge < -0.3 is 15.7 Å². The second-order valence-electron chi connectivity index (χ2n) is 7.63. The van der Waals surface area contributed by atoms with Crippen molar-refractivity contribution in [3.8, 4) is 11.1 Å². The molecule has 4 N–H and O–H groups in total. The van der Waals surface area contributed by atoms with E-state index in [1.165, 1.54) is 0 Å². The molecular formula is C25H23ClN6O2. The van der Waals surface area contributed by atoms with Gasteiger partial charge in [-0.3, -0.25) is 5.10 Å². The number of aromatic amines is 1. The molecule has 34 heavy (non-hydrogen) atoms. The summed E-state index contributed by atoms with van der Waals surface area (Å²) in [6.07, 6.45) is 8.81. The fraction of sp³-hybridized carbons (Fsp3) is 0.120. The van der Waals surface area contributed by atoms with Gasteiger partial charge in [0.15, 0.2) is 0 Å². The third kappa shape index (κ3) is 5.99. The van der Waals surface area contributed by atoms with Gasteiger partial charge in [-0.2, -0.15) is 10.1 Å². The number of carboxylic acid groups (broad SMARTS) is 1. The topological polar surface area (TPSA) is 116 Å². The Kier molecular flexibility index (Phi) is 7.19. The summed E-state index contributed by atoms with van der Waals surface area (Å²) in [5, 5.41) is 23.0. The average Bonchev–Trinajstić information content (AvgIpc) is 3.34. The Hall–Kier alpha value is -4.17. The number of carboxylic acids is 1. The lowest BCUT2D eigenvalue weighted by atomic mass is 10.0. The molecule has 0 bridgehead atoms. The van der Waals surface area contributed by atoms with E-state index in [9.17, 15) is 4.79 Å². The first-order valence-electron chi connectivity index (χ1n) is 10.6. The molecule has 4 rings (SSSR count). The van der Waals surface area contributed by atoms with E-state index in [0.717, 1.165) is 46.0 Å². The van der Waals surface area contributed by atoms with Crippen LogP contribution in [0.5, 0.6) is 0 Å². The van der Waals surface area contributed by atoms with Gasteiger partial charge in [0.25, 0.3) is 0 Å². The predicted octanol–water partition coefficient (Wildman–Crippen LogP) is 5.32. The maximum Gasteiger partial charge on any atom is 0.328 e. The van der Waals surface area contributed by atoms with Gasteiger partial charge in [-0.25, -0.2) is 9.78 Å². The number of aliphatic carboxylic acids is 1. The number of hydrogen-bond acceptors (Lipinski definition) is 6. The number of carbonyl (C=O) groups is 1. The average molecular weight is 475 g/mol. The van der Waals surface area contributed by atoms with Gasteiger partial charge in [-0.05, 0) is 59.9 Å². The number of nitrogens with one attached hydrogen (secondary N) is 3. The lowest BCUT2D eigenvalue weighted by Gasteiger charge is -2.14. The number of benzene rings is 2. The minimum atomic E-state index is -0.998. The first kappa shape index (κ1) is 23.0. The third-order valence-electron chi connectivity index (χ3n) is 5.09. The van der Waals surface area contributed by atoms with Gasteiger partial charge in [0.05, 0.1) is 6.20 Å². The molecule has 172 valence electrons. The molecule has 0 unspecified atom stereocenters. The van der Waals surface area contributed by atoms with Crippen LogP contribution in [0.25, 0.3) is 17.2 Å². The molecule has 0 spiro atoms. The highest BCUT2D eigenvalue weighted by Crippen LogP contribution is 2.29. The number of halogens is 1. The number of anilines is 3. The Labute approximate surface area is 201 Å². The van der Waals surface area contributed by atoms with Crippen molar-refractivity contribution in [2.75, 3.05) is 17.2 Å². The fourth-order valence-corrected chi connectivity index (χ4v) is 3.49. The zero-order chi connectivity index (χ0) is 23.9. The first-order chi connectivity index (χ1) is 16.5. The van der Waals surface area contributed by atoms with Crippen LogP contribution in [-0.4, -0.2) is 37.8 Å². The zero-order valence-electron chi connectivity index (χ0n) is 18.4. The second kappa shape index (κ2) is 10.6. The summed E-state index contributed by atoms with van der Waals surface area (Å²) in [4.78, 5) is 20.1. The molecule has 0 radical (unpaired) electrons. The highest BCUT2D eigenvalue weighted by molar-refractivity contribution is 6.31. The number of rotatable bonds is 9. The molecule has 0 aliphatic carbocycles. The van der Waals surface area contributed by atoms with Crippen molar-refractivity contribution in [3.05, 3.63) is 88.8 Å². The summed E-state index contributed by atoms with van der Waals surface area (Å²) in [5.74, 6) is 0.0805. The van der Waals surface area contributed by atoms with Gasteiger partial charge in [0.2, 0.25) is 5.95 Å². The maximum atomic E-state index is 10.9. The molecule has 2 aromatic heterocycles. The van der Waals surface area contributed by atoms with Gasteiger partial charge in [0, 0.05) is 41.3 Å². The van der Waals surface area contributed by atoms with Crippen LogP contribution in [-0.2, 0) is 11.2 Å². The lowest BCUT2D eigenvalue weighted by molar-refractivity contribution is -0.131. The van der Waals surface area contributed by atoms with Crippen LogP contribution in [0.2, 0.25) is 5.02 Å². The van der Waals surface area contributed by atoms with Gasteiger partial charge in [-0.15, -0.1) is 0 Å². The quantitative estimate of drug-likeness (QED) is 0.242. The molecule has 0 aliphatic heterocycles. The standard InChI is InChI=1S/C25H23ClN6O2/c1-16-5-7-20(12-22(16)26)31-25-28-15-21(19-4-2-3-17(11-19)6-8-23(33)34)24(32-25)27-10-9-18-13-29-30-14-18/h2-8,11-15H,9-10H2,1H3,(H,29,30)(H,33,34)(H2,27,28,31,32)/b8-6+. The van der Waals surface area contributed by atoms with Crippen LogP contribution in [0.15, 0.2) is 67.1 Å². The van der Waals surface area contributed by atoms with E-state index < -0.39 is 5.97 Å². The van der Waals surface area contributed by atoms with Gasteiger partial charge >= 0.3 is 5.97 Å². The number of aromatic nitrogens is 4. The van der Waals surface area contributed by atoms with Crippen LogP contribution in [0, 0.1) is 6.92 Å². The number of H-pyrrole nitrogens is 1. The molecule has 0 amide bonds.